The molecular formula is C18H28N2O2S. The lowest BCUT2D eigenvalue weighted by atomic mass is 10.0. The van der Waals surface area contributed by atoms with Gasteiger partial charge in [0, 0.05) is 22.9 Å². The van der Waals surface area contributed by atoms with Crippen LogP contribution in [0.4, 0.5) is 10.5 Å². The van der Waals surface area contributed by atoms with Crippen LogP contribution in [0.1, 0.15) is 44.6 Å². The monoisotopic (exact) mass is 336 g/mol. The fourth-order valence-electron chi connectivity index (χ4n) is 2.75. The number of carbonyl (C=O) groups is 1. The molecule has 1 aliphatic rings. The highest BCUT2D eigenvalue weighted by Crippen LogP contribution is 2.34. The van der Waals surface area contributed by atoms with E-state index in [1.165, 1.54) is 41.9 Å². The minimum Gasteiger partial charge on any atom is -0.394 e. The van der Waals surface area contributed by atoms with Crippen molar-refractivity contribution in [3.05, 3.63) is 23.8 Å². The third kappa shape index (κ3) is 5.15. The number of nitrogens with zero attached hydrogens (tertiary/aromatic N) is 1. The van der Waals surface area contributed by atoms with Gasteiger partial charge in [-0.05, 0) is 50.5 Å². The summed E-state index contributed by atoms with van der Waals surface area (Å²) in [6.45, 7) is 3.80. The van der Waals surface area contributed by atoms with Crippen molar-refractivity contribution in [2.45, 2.75) is 62.1 Å². The molecule has 1 aliphatic carbocycles. The van der Waals surface area contributed by atoms with Crippen LogP contribution in [0, 0.1) is 6.92 Å². The molecule has 0 aliphatic heterocycles. The number of urea groups is 1. The number of hydrogen-bond donors (Lipinski definition) is 2. The number of carbonyl (C=O) groups excluding carboxylic acids is 1. The first-order chi connectivity index (χ1) is 11.0. The average Bonchev–Trinajstić information content (AvgIpc) is 2.56. The minimum absolute atomic E-state index is 0.0418. The molecule has 5 heteroatoms. The van der Waals surface area contributed by atoms with Crippen LogP contribution in [-0.2, 0) is 0 Å². The Labute approximate surface area is 143 Å². The smallest absolute Gasteiger partial charge is 0.321 e. The molecule has 0 spiro atoms. The second-order valence-corrected chi connectivity index (χ2v) is 7.80. The molecule has 2 N–H and O–H groups in total. The lowest BCUT2D eigenvalue weighted by molar-refractivity contribution is 0.166. The summed E-state index contributed by atoms with van der Waals surface area (Å²) in [5.41, 5.74) is 1.91. The summed E-state index contributed by atoms with van der Waals surface area (Å²) in [6, 6.07) is 5.84. The summed E-state index contributed by atoms with van der Waals surface area (Å²) in [5, 5.41) is 12.8. The maximum Gasteiger partial charge on any atom is 0.321 e. The fraction of sp³-hybridized carbons (Fsp3) is 0.611. The van der Waals surface area contributed by atoms with E-state index in [-0.39, 0.29) is 18.7 Å². The Kier molecular flexibility index (Phi) is 6.78. The fourth-order valence-corrected chi connectivity index (χ4v) is 4.10. The molecule has 0 radical (unpaired) electrons. The first-order valence-electron chi connectivity index (χ1n) is 8.43. The van der Waals surface area contributed by atoms with Gasteiger partial charge in [-0.1, -0.05) is 19.3 Å². The molecule has 23 heavy (non-hydrogen) atoms. The molecule has 0 saturated heterocycles. The van der Waals surface area contributed by atoms with Crippen molar-refractivity contribution >= 4 is 23.5 Å². The van der Waals surface area contributed by atoms with Crippen molar-refractivity contribution < 1.29 is 9.90 Å². The zero-order chi connectivity index (χ0) is 16.8. The van der Waals surface area contributed by atoms with Crippen LogP contribution in [0.2, 0.25) is 0 Å². The highest BCUT2D eigenvalue weighted by molar-refractivity contribution is 8.00. The number of aliphatic hydroxyl groups excluding tert-OH is 1. The largest absolute Gasteiger partial charge is 0.394 e. The lowest BCUT2D eigenvalue weighted by Gasteiger charge is -2.24. The van der Waals surface area contributed by atoms with Crippen molar-refractivity contribution in [2.75, 3.05) is 19.0 Å². The highest BCUT2D eigenvalue weighted by Gasteiger charge is 2.17. The predicted molar refractivity (Wildman–Crippen MR) is 97.2 cm³/mol. The van der Waals surface area contributed by atoms with Crippen LogP contribution in [0.15, 0.2) is 23.1 Å². The number of aryl methyl sites for hydroxylation is 1. The molecule has 2 rings (SSSR count). The van der Waals surface area contributed by atoms with Gasteiger partial charge in [-0.2, -0.15) is 0 Å². The number of likely N-dealkylation sites (N-methyl/N-ethyl adjacent to an activating group) is 1. The number of nitrogens with one attached hydrogen (secondary N) is 1. The topological polar surface area (TPSA) is 52.6 Å². The van der Waals surface area contributed by atoms with Crippen molar-refractivity contribution in [1.82, 2.24) is 4.90 Å². The molecule has 0 bridgehead atoms. The van der Waals surface area contributed by atoms with Gasteiger partial charge in [-0.25, -0.2) is 4.79 Å². The third-order valence-electron chi connectivity index (χ3n) is 4.54. The Morgan fingerprint density at radius 1 is 1.39 bits per heavy atom. The van der Waals surface area contributed by atoms with Gasteiger partial charge in [0.15, 0.2) is 0 Å². The summed E-state index contributed by atoms with van der Waals surface area (Å²) >= 11 is 1.96. The van der Waals surface area contributed by atoms with E-state index in [1.807, 2.05) is 31.7 Å². The molecule has 2 amide bonds. The molecule has 128 valence electrons. The van der Waals surface area contributed by atoms with Crippen LogP contribution in [0.3, 0.4) is 0 Å². The van der Waals surface area contributed by atoms with Crippen LogP contribution in [0.5, 0.6) is 0 Å². The van der Waals surface area contributed by atoms with E-state index in [0.717, 1.165) is 16.5 Å². The Morgan fingerprint density at radius 3 is 2.70 bits per heavy atom. The number of aliphatic hydroxyl groups is 1. The third-order valence-corrected chi connectivity index (χ3v) is 5.87. The summed E-state index contributed by atoms with van der Waals surface area (Å²) < 4.78 is 0. The number of anilines is 1. The number of amides is 2. The SMILES string of the molecule is Cc1cc(SC2CCCCC2)ccc1NC(=O)N(C)C(C)CO. The van der Waals surface area contributed by atoms with E-state index in [2.05, 4.69) is 17.4 Å². The summed E-state index contributed by atoms with van der Waals surface area (Å²) in [6.07, 6.45) is 6.69. The zero-order valence-electron chi connectivity index (χ0n) is 14.3. The van der Waals surface area contributed by atoms with Crippen molar-refractivity contribution in [3.63, 3.8) is 0 Å². The van der Waals surface area contributed by atoms with Gasteiger partial charge in [0.1, 0.15) is 0 Å². The number of hydrogen-bond acceptors (Lipinski definition) is 3. The Morgan fingerprint density at radius 2 is 2.09 bits per heavy atom. The predicted octanol–water partition coefficient (Wildman–Crippen LogP) is 4.26. The molecule has 1 unspecified atom stereocenters. The maximum atomic E-state index is 12.2. The number of benzene rings is 1. The molecule has 1 atom stereocenters. The Bertz CT molecular complexity index is 530. The van der Waals surface area contributed by atoms with E-state index in [0.29, 0.717) is 0 Å². The molecule has 0 heterocycles. The Hall–Kier alpha value is -1.20. The summed E-state index contributed by atoms with van der Waals surface area (Å²) in [7, 11) is 1.69. The second-order valence-electron chi connectivity index (χ2n) is 6.43. The zero-order valence-corrected chi connectivity index (χ0v) is 15.2. The summed E-state index contributed by atoms with van der Waals surface area (Å²) in [5.74, 6) is 0. The molecule has 1 aromatic rings. The van der Waals surface area contributed by atoms with Crippen molar-refractivity contribution in [1.29, 1.82) is 0 Å². The van der Waals surface area contributed by atoms with Crippen LogP contribution in [0.25, 0.3) is 0 Å². The first kappa shape index (κ1) is 18.1. The number of thioether (sulfide) groups is 1. The van der Waals surface area contributed by atoms with E-state index >= 15 is 0 Å². The normalized spacial score (nSPS) is 16.9. The molecule has 1 saturated carbocycles. The molecule has 1 aromatic carbocycles. The van der Waals surface area contributed by atoms with Gasteiger partial charge in [0.25, 0.3) is 0 Å². The minimum atomic E-state index is -0.198. The second kappa shape index (κ2) is 8.60. The number of rotatable bonds is 5. The van der Waals surface area contributed by atoms with Crippen molar-refractivity contribution in [2.24, 2.45) is 0 Å². The first-order valence-corrected chi connectivity index (χ1v) is 9.31. The van der Waals surface area contributed by atoms with Gasteiger partial charge in [0.05, 0.1) is 12.6 Å². The van der Waals surface area contributed by atoms with E-state index in [4.69, 9.17) is 5.11 Å². The van der Waals surface area contributed by atoms with Crippen LogP contribution >= 0.6 is 11.8 Å². The van der Waals surface area contributed by atoms with Gasteiger partial charge in [-0.15, -0.1) is 11.8 Å². The van der Waals surface area contributed by atoms with E-state index in [1.54, 1.807) is 7.05 Å². The molecular weight excluding hydrogens is 308 g/mol. The molecule has 4 nitrogen and oxygen atoms in total. The average molecular weight is 337 g/mol. The van der Waals surface area contributed by atoms with Crippen LogP contribution in [-0.4, -0.2) is 41.0 Å². The summed E-state index contributed by atoms with van der Waals surface area (Å²) in [4.78, 5) is 15.0. The highest BCUT2D eigenvalue weighted by atomic mass is 32.2. The standard InChI is InChI=1S/C18H28N2O2S/c1-13-11-16(23-15-7-5-4-6-8-15)9-10-17(13)19-18(22)20(3)14(2)12-21/h9-11,14-15,21H,4-8,12H2,1-3H3,(H,19,22). The van der Waals surface area contributed by atoms with Gasteiger partial charge in [-0.3, -0.25) is 0 Å². The van der Waals surface area contributed by atoms with Gasteiger partial charge < -0.3 is 15.3 Å². The lowest BCUT2D eigenvalue weighted by Crippen LogP contribution is -2.40. The quantitative estimate of drug-likeness (QED) is 0.844. The molecule has 0 aromatic heterocycles. The van der Waals surface area contributed by atoms with Gasteiger partial charge in [0.2, 0.25) is 0 Å². The Balaban J connectivity index is 1.97. The maximum absolute atomic E-state index is 12.2. The van der Waals surface area contributed by atoms with Crippen LogP contribution < -0.4 is 5.32 Å². The van der Waals surface area contributed by atoms with E-state index in [9.17, 15) is 4.79 Å². The van der Waals surface area contributed by atoms with E-state index < -0.39 is 0 Å². The van der Waals surface area contributed by atoms with Gasteiger partial charge >= 0.3 is 6.03 Å². The van der Waals surface area contributed by atoms with Crippen molar-refractivity contribution in [3.8, 4) is 0 Å². The molecule has 1 fully saturated rings.